The third kappa shape index (κ3) is 3.80. The average Bonchev–Trinajstić information content (AvgIpc) is 2.81. The lowest BCUT2D eigenvalue weighted by Gasteiger charge is -2.11. The molecule has 0 spiro atoms. The first-order valence-corrected chi connectivity index (χ1v) is 3.92. The van der Waals surface area contributed by atoms with Crippen LogP contribution < -0.4 is 0 Å². The molecular weight excluding hydrogens is 160 g/mol. The molecule has 0 bridgehead atoms. The second-order valence-electron chi connectivity index (χ2n) is 2.85. The van der Waals surface area contributed by atoms with Crippen molar-refractivity contribution in [1.29, 1.82) is 0 Å². The van der Waals surface area contributed by atoms with E-state index in [0.717, 1.165) is 6.29 Å². The molecule has 1 N–H and O–H groups in total. The predicted molar refractivity (Wildman–Crippen MR) is 41.5 cm³/mol. The number of aliphatic hydroxyl groups is 1. The van der Waals surface area contributed by atoms with E-state index in [1.807, 2.05) is 0 Å². The van der Waals surface area contributed by atoms with Gasteiger partial charge in [-0.25, -0.2) is 0 Å². The average molecular weight is 173 g/mol. The molecule has 69 valence electrons. The summed E-state index contributed by atoms with van der Waals surface area (Å²) >= 11 is 0. The molecule has 0 amide bonds. The molecule has 1 rings (SSSR count). The van der Waals surface area contributed by atoms with Gasteiger partial charge in [-0.15, -0.1) is 0 Å². The van der Waals surface area contributed by atoms with Crippen LogP contribution in [0.25, 0.3) is 0 Å². The van der Waals surface area contributed by atoms with Crippen LogP contribution in [-0.4, -0.2) is 42.9 Å². The van der Waals surface area contributed by atoms with Crippen molar-refractivity contribution >= 4 is 6.29 Å². The molecule has 0 saturated carbocycles. The van der Waals surface area contributed by atoms with Crippen LogP contribution in [-0.2, 0) is 14.3 Å². The molecule has 1 saturated heterocycles. The van der Waals surface area contributed by atoms with E-state index < -0.39 is 12.2 Å². The summed E-state index contributed by atoms with van der Waals surface area (Å²) < 4.78 is 9.97. The normalized spacial score (nSPS) is 26.3. The maximum atomic E-state index is 10.4. The van der Waals surface area contributed by atoms with E-state index in [1.165, 1.54) is 0 Å². The van der Waals surface area contributed by atoms with Gasteiger partial charge in [0, 0.05) is 6.42 Å². The molecule has 1 aliphatic heterocycles. The highest BCUT2D eigenvalue weighted by Crippen LogP contribution is 2.16. The van der Waals surface area contributed by atoms with E-state index in [2.05, 4.69) is 6.92 Å². The van der Waals surface area contributed by atoms with Gasteiger partial charge in [0.2, 0.25) is 0 Å². The Morgan fingerprint density at radius 1 is 1.83 bits per heavy atom. The lowest BCUT2D eigenvalue weighted by Crippen LogP contribution is -2.22. The summed E-state index contributed by atoms with van der Waals surface area (Å²) in [6, 6.07) is 0. The van der Waals surface area contributed by atoms with Gasteiger partial charge in [-0.3, -0.25) is 0 Å². The van der Waals surface area contributed by atoms with Gasteiger partial charge in [0.15, 0.2) is 0 Å². The van der Waals surface area contributed by atoms with E-state index in [1.54, 1.807) is 0 Å². The van der Waals surface area contributed by atoms with Crippen LogP contribution in [0.4, 0.5) is 0 Å². The first-order chi connectivity index (χ1) is 5.72. The van der Waals surface area contributed by atoms with E-state index >= 15 is 0 Å². The maximum Gasteiger partial charge on any atom is 0.148 e. The fourth-order valence-corrected chi connectivity index (χ4v) is 0.861. The molecular formula is C8H13O4. The Hall–Kier alpha value is -0.450. The summed E-state index contributed by atoms with van der Waals surface area (Å²) in [6.07, 6.45) is 0.240. The van der Waals surface area contributed by atoms with Crippen molar-refractivity contribution in [2.24, 2.45) is 0 Å². The zero-order chi connectivity index (χ0) is 8.97. The van der Waals surface area contributed by atoms with Crippen molar-refractivity contribution in [2.45, 2.75) is 24.7 Å². The van der Waals surface area contributed by atoms with Crippen LogP contribution in [0.15, 0.2) is 0 Å². The van der Waals surface area contributed by atoms with E-state index in [0.29, 0.717) is 13.0 Å². The SMILES string of the molecule is [CH2]C(O)COC(C=O)CC1CO1. The Labute approximate surface area is 71.5 Å². The van der Waals surface area contributed by atoms with Crippen LogP contribution in [0.3, 0.4) is 0 Å². The summed E-state index contributed by atoms with van der Waals surface area (Å²) in [5, 5.41) is 8.76. The third-order valence-corrected chi connectivity index (χ3v) is 1.55. The quantitative estimate of drug-likeness (QED) is 0.437. The summed E-state index contributed by atoms with van der Waals surface area (Å²) in [7, 11) is 0. The zero-order valence-corrected chi connectivity index (χ0v) is 6.81. The van der Waals surface area contributed by atoms with Gasteiger partial charge in [-0.2, -0.15) is 0 Å². The standard InChI is InChI=1S/C8H13O4/c1-6(10)4-11-7(3-9)2-8-5-12-8/h3,6-8,10H,1-2,4-5H2. The summed E-state index contributed by atoms with van der Waals surface area (Å²) in [5.41, 5.74) is 0. The molecule has 1 aliphatic rings. The fraction of sp³-hybridized carbons (Fsp3) is 0.750. The van der Waals surface area contributed by atoms with E-state index in [4.69, 9.17) is 14.6 Å². The van der Waals surface area contributed by atoms with Gasteiger partial charge in [0.25, 0.3) is 0 Å². The Morgan fingerprint density at radius 2 is 2.50 bits per heavy atom. The molecule has 12 heavy (non-hydrogen) atoms. The highest BCUT2D eigenvalue weighted by molar-refractivity contribution is 5.56. The lowest BCUT2D eigenvalue weighted by molar-refractivity contribution is -0.120. The van der Waals surface area contributed by atoms with E-state index in [9.17, 15) is 4.79 Å². The Balaban J connectivity index is 2.10. The summed E-state index contributed by atoms with van der Waals surface area (Å²) in [4.78, 5) is 10.4. The van der Waals surface area contributed by atoms with Gasteiger partial charge in [-0.1, -0.05) is 0 Å². The number of aldehydes is 1. The minimum absolute atomic E-state index is 0.0934. The van der Waals surface area contributed by atoms with Gasteiger partial charge in [-0.05, 0) is 6.92 Å². The molecule has 0 aromatic heterocycles. The Kier molecular flexibility index (Phi) is 3.65. The largest absolute Gasteiger partial charge is 0.391 e. The number of hydrogen-bond acceptors (Lipinski definition) is 4. The van der Waals surface area contributed by atoms with Gasteiger partial charge >= 0.3 is 0 Å². The molecule has 1 fully saturated rings. The van der Waals surface area contributed by atoms with Crippen LogP contribution in [0, 0.1) is 6.92 Å². The molecule has 4 nitrogen and oxygen atoms in total. The molecule has 0 aromatic carbocycles. The summed E-state index contributed by atoms with van der Waals surface area (Å²) in [6.45, 7) is 4.13. The first kappa shape index (κ1) is 9.64. The lowest BCUT2D eigenvalue weighted by atomic mass is 10.2. The number of ether oxygens (including phenoxy) is 2. The van der Waals surface area contributed by atoms with Crippen molar-refractivity contribution in [3.05, 3.63) is 6.92 Å². The van der Waals surface area contributed by atoms with Crippen LogP contribution in [0.1, 0.15) is 6.42 Å². The Bertz CT molecular complexity index is 142. The topological polar surface area (TPSA) is 59.1 Å². The van der Waals surface area contributed by atoms with Crippen molar-refractivity contribution in [3.63, 3.8) is 0 Å². The zero-order valence-electron chi connectivity index (χ0n) is 6.81. The fourth-order valence-electron chi connectivity index (χ4n) is 0.861. The molecule has 3 unspecified atom stereocenters. The van der Waals surface area contributed by atoms with Crippen LogP contribution >= 0.6 is 0 Å². The van der Waals surface area contributed by atoms with Crippen molar-refractivity contribution in [2.75, 3.05) is 13.2 Å². The highest BCUT2D eigenvalue weighted by atomic mass is 16.6. The predicted octanol–water partition coefficient (Wildman–Crippen LogP) is -0.446. The molecule has 3 atom stereocenters. The van der Waals surface area contributed by atoms with Crippen molar-refractivity contribution in [3.8, 4) is 0 Å². The Morgan fingerprint density at radius 3 is 2.92 bits per heavy atom. The molecule has 0 aromatic rings. The van der Waals surface area contributed by atoms with Crippen molar-refractivity contribution in [1.82, 2.24) is 0 Å². The number of carbonyl (C=O) groups is 1. The molecule has 1 radical (unpaired) electrons. The highest BCUT2D eigenvalue weighted by Gasteiger charge is 2.26. The number of aliphatic hydroxyl groups excluding tert-OH is 1. The maximum absolute atomic E-state index is 10.4. The number of epoxide rings is 1. The first-order valence-electron chi connectivity index (χ1n) is 3.92. The molecule has 4 heteroatoms. The van der Waals surface area contributed by atoms with Crippen LogP contribution in [0.2, 0.25) is 0 Å². The van der Waals surface area contributed by atoms with E-state index in [-0.39, 0.29) is 12.7 Å². The number of hydrogen-bond donors (Lipinski definition) is 1. The second-order valence-corrected chi connectivity index (χ2v) is 2.85. The number of rotatable bonds is 6. The van der Waals surface area contributed by atoms with Crippen molar-refractivity contribution < 1.29 is 19.4 Å². The summed E-state index contributed by atoms with van der Waals surface area (Å²) in [5.74, 6) is 0. The molecule has 0 aliphatic carbocycles. The monoisotopic (exact) mass is 173 g/mol. The second kappa shape index (κ2) is 4.54. The van der Waals surface area contributed by atoms with Gasteiger partial charge in [0.1, 0.15) is 12.4 Å². The minimum atomic E-state index is -0.771. The molecule has 1 heterocycles. The van der Waals surface area contributed by atoms with Gasteiger partial charge in [0.05, 0.1) is 25.4 Å². The smallest absolute Gasteiger partial charge is 0.148 e. The van der Waals surface area contributed by atoms with Gasteiger partial charge < -0.3 is 19.4 Å². The van der Waals surface area contributed by atoms with Crippen LogP contribution in [0.5, 0.6) is 0 Å². The third-order valence-electron chi connectivity index (χ3n) is 1.55. The number of carbonyl (C=O) groups excluding carboxylic acids is 1. The minimum Gasteiger partial charge on any atom is -0.391 e.